The standard InChI is InChI=1S/C11H12N4O2S/c1-8(11-12-4-5-18-11)6-13-10-3-2-9(7-14-10)15(16)17/h2-5,7-8H,6H2,1H3,(H,13,14)/t8-/m1/s1. The number of nitrogens with one attached hydrogen (secondary N) is 1. The smallest absolute Gasteiger partial charge is 0.287 e. The Hall–Kier alpha value is -2.02. The highest BCUT2D eigenvalue weighted by molar-refractivity contribution is 7.09. The van der Waals surface area contributed by atoms with Crippen LogP contribution in [0.5, 0.6) is 0 Å². The van der Waals surface area contributed by atoms with Crippen LogP contribution in [-0.4, -0.2) is 21.4 Å². The first-order valence-electron chi connectivity index (χ1n) is 5.40. The van der Waals surface area contributed by atoms with Crippen LogP contribution in [0.1, 0.15) is 17.8 Å². The van der Waals surface area contributed by atoms with E-state index in [2.05, 4.69) is 22.2 Å². The van der Waals surface area contributed by atoms with Gasteiger partial charge in [-0.05, 0) is 6.07 Å². The predicted octanol–water partition coefficient (Wildman–Crippen LogP) is 2.66. The van der Waals surface area contributed by atoms with Gasteiger partial charge in [-0.15, -0.1) is 11.3 Å². The Kier molecular flexibility index (Phi) is 3.83. The largest absolute Gasteiger partial charge is 0.369 e. The summed E-state index contributed by atoms with van der Waals surface area (Å²) >= 11 is 1.61. The molecule has 94 valence electrons. The Bertz CT molecular complexity index is 512. The van der Waals surface area contributed by atoms with Gasteiger partial charge in [0, 0.05) is 30.1 Å². The lowest BCUT2D eigenvalue weighted by Gasteiger charge is -2.10. The van der Waals surface area contributed by atoms with E-state index in [4.69, 9.17) is 0 Å². The fourth-order valence-electron chi connectivity index (χ4n) is 1.42. The summed E-state index contributed by atoms with van der Waals surface area (Å²) in [4.78, 5) is 18.2. The van der Waals surface area contributed by atoms with E-state index in [0.29, 0.717) is 12.4 Å². The van der Waals surface area contributed by atoms with Gasteiger partial charge in [0.05, 0.1) is 9.93 Å². The third-order valence-electron chi connectivity index (χ3n) is 2.42. The molecule has 0 spiro atoms. The summed E-state index contributed by atoms with van der Waals surface area (Å²) in [6, 6.07) is 3.04. The quantitative estimate of drug-likeness (QED) is 0.663. The number of anilines is 1. The molecule has 7 heteroatoms. The minimum absolute atomic E-state index is 0.00600. The van der Waals surface area contributed by atoms with Gasteiger partial charge in [-0.3, -0.25) is 10.1 Å². The highest BCUT2D eigenvalue weighted by atomic mass is 32.1. The fraction of sp³-hybridized carbons (Fsp3) is 0.273. The molecule has 1 N–H and O–H groups in total. The van der Waals surface area contributed by atoms with Crippen LogP contribution in [0.4, 0.5) is 11.5 Å². The highest BCUT2D eigenvalue weighted by Crippen LogP contribution is 2.18. The first kappa shape index (κ1) is 12.4. The topological polar surface area (TPSA) is 81.0 Å². The fourth-order valence-corrected chi connectivity index (χ4v) is 2.12. The summed E-state index contributed by atoms with van der Waals surface area (Å²) in [5.74, 6) is 0.908. The molecule has 1 atom stereocenters. The van der Waals surface area contributed by atoms with Crippen LogP contribution in [0.15, 0.2) is 29.9 Å². The Labute approximate surface area is 108 Å². The lowest BCUT2D eigenvalue weighted by molar-refractivity contribution is -0.385. The minimum atomic E-state index is -0.463. The molecular formula is C11H12N4O2S. The maximum atomic E-state index is 10.5. The summed E-state index contributed by atoms with van der Waals surface area (Å²) in [6.45, 7) is 2.76. The number of nitro groups is 1. The molecule has 0 unspecified atom stereocenters. The molecule has 0 radical (unpaired) electrons. The summed E-state index contributed by atoms with van der Waals surface area (Å²) < 4.78 is 0. The van der Waals surface area contributed by atoms with E-state index in [9.17, 15) is 10.1 Å². The van der Waals surface area contributed by atoms with Crippen molar-refractivity contribution in [1.29, 1.82) is 0 Å². The van der Waals surface area contributed by atoms with Crippen LogP contribution >= 0.6 is 11.3 Å². The molecule has 18 heavy (non-hydrogen) atoms. The van der Waals surface area contributed by atoms with E-state index in [1.54, 1.807) is 23.6 Å². The number of rotatable bonds is 5. The van der Waals surface area contributed by atoms with Gasteiger partial charge in [0.15, 0.2) is 0 Å². The molecule has 0 bridgehead atoms. The summed E-state index contributed by atoms with van der Waals surface area (Å²) in [5.41, 5.74) is -0.00600. The second kappa shape index (κ2) is 5.54. The van der Waals surface area contributed by atoms with E-state index in [1.165, 1.54) is 12.3 Å². The van der Waals surface area contributed by atoms with E-state index < -0.39 is 4.92 Å². The van der Waals surface area contributed by atoms with Gasteiger partial charge >= 0.3 is 0 Å². The molecule has 0 saturated heterocycles. The third kappa shape index (κ3) is 3.01. The van der Waals surface area contributed by atoms with Crippen molar-refractivity contribution in [3.63, 3.8) is 0 Å². The number of aromatic nitrogens is 2. The van der Waals surface area contributed by atoms with Crippen molar-refractivity contribution in [2.24, 2.45) is 0 Å². The van der Waals surface area contributed by atoms with Gasteiger partial charge in [0.1, 0.15) is 12.0 Å². The first-order valence-corrected chi connectivity index (χ1v) is 6.28. The zero-order chi connectivity index (χ0) is 13.0. The molecule has 0 aliphatic rings. The van der Waals surface area contributed by atoms with Gasteiger partial charge in [0.2, 0.25) is 0 Å². The van der Waals surface area contributed by atoms with Crippen LogP contribution in [-0.2, 0) is 0 Å². The van der Waals surface area contributed by atoms with Crippen molar-refractivity contribution in [2.45, 2.75) is 12.8 Å². The van der Waals surface area contributed by atoms with Gasteiger partial charge in [-0.1, -0.05) is 6.92 Å². The molecule has 0 saturated carbocycles. The summed E-state index contributed by atoms with van der Waals surface area (Å²) in [5, 5.41) is 16.6. The zero-order valence-corrected chi connectivity index (χ0v) is 10.6. The van der Waals surface area contributed by atoms with E-state index in [-0.39, 0.29) is 11.6 Å². The molecule has 0 aromatic carbocycles. The van der Waals surface area contributed by atoms with Crippen LogP contribution in [0.25, 0.3) is 0 Å². The van der Waals surface area contributed by atoms with Crippen molar-refractivity contribution in [2.75, 3.05) is 11.9 Å². The average molecular weight is 264 g/mol. The molecular weight excluding hydrogens is 252 g/mol. The normalized spacial score (nSPS) is 12.1. The molecule has 0 fully saturated rings. The molecule has 0 aliphatic carbocycles. The van der Waals surface area contributed by atoms with Crippen LogP contribution < -0.4 is 5.32 Å². The number of pyridine rings is 1. The summed E-state index contributed by atoms with van der Waals surface area (Å²) in [6.07, 6.45) is 3.02. The van der Waals surface area contributed by atoms with E-state index in [0.717, 1.165) is 5.01 Å². The molecule has 0 amide bonds. The lowest BCUT2D eigenvalue weighted by Crippen LogP contribution is -2.10. The van der Waals surface area contributed by atoms with Crippen molar-refractivity contribution < 1.29 is 4.92 Å². The van der Waals surface area contributed by atoms with Crippen molar-refractivity contribution >= 4 is 22.8 Å². The van der Waals surface area contributed by atoms with Crippen molar-refractivity contribution in [3.05, 3.63) is 45.0 Å². The van der Waals surface area contributed by atoms with E-state index >= 15 is 0 Å². The third-order valence-corrected chi connectivity index (χ3v) is 3.43. The molecule has 2 aromatic heterocycles. The zero-order valence-electron chi connectivity index (χ0n) is 9.74. The van der Waals surface area contributed by atoms with Gasteiger partial charge in [-0.25, -0.2) is 9.97 Å². The highest BCUT2D eigenvalue weighted by Gasteiger charge is 2.09. The number of thiazole rings is 1. The van der Waals surface area contributed by atoms with Crippen LogP contribution in [0.3, 0.4) is 0 Å². The first-order chi connectivity index (χ1) is 8.66. The van der Waals surface area contributed by atoms with Crippen LogP contribution in [0, 0.1) is 10.1 Å². The maximum absolute atomic E-state index is 10.5. The Morgan fingerprint density at radius 1 is 1.50 bits per heavy atom. The predicted molar refractivity (Wildman–Crippen MR) is 69.9 cm³/mol. The van der Waals surface area contributed by atoms with Crippen LogP contribution in [0.2, 0.25) is 0 Å². The minimum Gasteiger partial charge on any atom is -0.369 e. The monoisotopic (exact) mass is 264 g/mol. The molecule has 2 heterocycles. The van der Waals surface area contributed by atoms with Crippen molar-refractivity contribution in [1.82, 2.24) is 9.97 Å². The number of hydrogen-bond acceptors (Lipinski definition) is 6. The SMILES string of the molecule is C[C@H](CNc1ccc([N+](=O)[O-])cn1)c1nccs1. The lowest BCUT2D eigenvalue weighted by atomic mass is 10.2. The summed E-state index contributed by atoms with van der Waals surface area (Å²) in [7, 11) is 0. The van der Waals surface area contributed by atoms with Gasteiger partial charge < -0.3 is 5.32 Å². The number of nitrogens with zero attached hydrogens (tertiary/aromatic N) is 3. The second-order valence-electron chi connectivity index (χ2n) is 3.81. The average Bonchev–Trinajstić information content (AvgIpc) is 2.90. The second-order valence-corrected chi connectivity index (χ2v) is 4.74. The number of hydrogen-bond donors (Lipinski definition) is 1. The maximum Gasteiger partial charge on any atom is 0.287 e. The Morgan fingerprint density at radius 2 is 2.33 bits per heavy atom. The Morgan fingerprint density at radius 3 is 2.89 bits per heavy atom. The van der Waals surface area contributed by atoms with Crippen molar-refractivity contribution in [3.8, 4) is 0 Å². The van der Waals surface area contributed by atoms with E-state index in [1.807, 2.05) is 5.38 Å². The molecule has 0 aliphatic heterocycles. The van der Waals surface area contributed by atoms with Gasteiger partial charge in [-0.2, -0.15) is 0 Å². The molecule has 2 rings (SSSR count). The molecule has 2 aromatic rings. The van der Waals surface area contributed by atoms with Gasteiger partial charge in [0.25, 0.3) is 5.69 Å². The Balaban J connectivity index is 1.92. The molecule has 6 nitrogen and oxygen atoms in total.